The van der Waals surface area contributed by atoms with Crippen LogP contribution in [0.15, 0.2) is 4.99 Å². The SMILES string of the molecule is CCN(CC)C(N)=NCC(=O)NC1CC1. The number of guanidine groups is 1. The molecule has 1 rings (SSSR count). The highest BCUT2D eigenvalue weighted by Crippen LogP contribution is 2.18. The van der Waals surface area contributed by atoms with E-state index in [1.165, 1.54) is 0 Å². The van der Waals surface area contributed by atoms with Crippen LogP contribution < -0.4 is 11.1 Å². The molecule has 0 aliphatic heterocycles. The fourth-order valence-electron chi connectivity index (χ4n) is 1.30. The number of rotatable bonds is 5. The van der Waals surface area contributed by atoms with Gasteiger partial charge in [-0.25, -0.2) is 4.99 Å². The number of hydrogen-bond donors (Lipinski definition) is 2. The number of aliphatic imine (C=N–C) groups is 1. The third-order valence-electron chi connectivity index (χ3n) is 2.41. The van der Waals surface area contributed by atoms with Crippen molar-refractivity contribution in [2.75, 3.05) is 19.6 Å². The van der Waals surface area contributed by atoms with Gasteiger partial charge in [0.1, 0.15) is 6.54 Å². The first kappa shape index (κ1) is 11.8. The lowest BCUT2D eigenvalue weighted by Crippen LogP contribution is -2.38. The predicted octanol–water partition coefficient (Wildman–Crippen LogP) is -0.0785. The van der Waals surface area contributed by atoms with Crippen molar-refractivity contribution in [3.63, 3.8) is 0 Å². The first-order chi connectivity index (χ1) is 7.17. The van der Waals surface area contributed by atoms with E-state index in [0.717, 1.165) is 25.9 Å². The molecule has 0 heterocycles. The maximum atomic E-state index is 11.3. The Morgan fingerprint density at radius 2 is 2.07 bits per heavy atom. The number of hydrogen-bond acceptors (Lipinski definition) is 2. The Morgan fingerprint density at radius 3 is 2.53 bits per heavy atom. The summed E-state index contributed by atoms with van der Waals surface area (Å²) in [7, 11) is 0. The van der Waals surface area contributed by atoms with Gasteiger partial charge in [-0.2, -0.15) is 0 Å². The minimum Gasteiger partial charge on any atom is -0.370 e. The third-order valence-corrected chi connectivity index (χ3v) is 2.41. The molecule has 5 nitrogen and oxygen atoms in total. The van der Waals surface area contributed by atoms with E-state index in [-0.39, 0.29) is 12.5 Å². The minimum absolute atomic E-state index is 0.0346. The maximum Gasteiger partial charge on any atom is 0.242 e. The number of nitrogens with one attached hydrogen (secondary N) is 1. The molecular weight excluding hydrogens is 192 g/mol. The van der Waals surface area contributed by atoms with Crippen LogP contribution in [0.4, 0.5) is 0 Å². The van der Waals surface area contributed by atoms with Crippen LogP contribution >= 0.6 is 0 Å². The fraction of sp³-hybridized carbons (Fsp3) is 0.800. The van der Waals surface area contributed by atoms with Crippen LogP contribution in [0.3, 0.4) is 0 Å². The smallest absolute Gasteiger partial charge is 0.242 e. The number of amides is 1. The average Bonchev–Trinajstić information content (AvgIpc) is 3.00. The molecule has 0 bridgehead atoms. The van der Waals surface area contributed by atoms with E-state index < -0.39 is 0 Å². The summed E-state index contributed by atoms with van der Waals surface area (Å²) in [6.45, 7) is 5.79. The fourth-order valence-corrected chi connectivity index (χ4v) is 1.30. The van der Waals surface area contributed by atoms with E-state index in [2.05, 4.69) is 10.3 Å². The van der Waals surface area contributed by atoms with Gasteiger partial charge in [-0.15, -0.1) is 0 Å². The third kappa shape index (κ3) is 4.18. The van der Waals surface area contributed by atoms with Gasteiger partial charge in [-0.05, 0) is 26.7 Å². The summed E-state index contributed by atoms with van der Waals surface area (Å²) in [6.07, 6.45) is 2.20. The Bertz CT molecular complexity index is 244. The van der Waals surface area contributed by atoms with Crippen molar-refractivity contribution >= 4 is 11.9 Å². The Balaban J connectivity index is 2.30. The van der Waals surface area contributed by atoms with Crippen molar-refractivity contribution in [2.24, 2.45) is 10.7 Å². The van der Waals surface area contributed by atoms with Crippen LogP contribution in [0, 0.1) is 0 Å². The lowest BCUT2D eigenvalue weighted by molar-refractivity contribution is -0.119. The molecule has 15 heavy (non-hydrogen) atoms. The maximum absolute atomic E-state index is 11.3. The monoisotopic (exact) mass is 212 g/mol. The molecule has 0 spiro atoms. The van der Waals surface area contributed by atoms with Gasteiger partial charge in [0.15, 0.2) is 5.96 Å². The second kappa shape index (κ2) is 5.58. The molecule has 0 aromatic carbocycles. The molecule has 86 valence electrons. The number of carbonyl (C=O) groups excluding carboxylic acids is 1. The second-order valence-corrected chi connectivity index (χ2v) is 3.69. The predicted molar refractivity (Wildman–Crippen MR) is 60.6 cm³/mol. The zero-order chi connectivity index (χ0) is 11.3. The van der Waals surface area contributed by atoms with Gasteiger partial charge in [0, 0.05) is 19.1 Å². The van der Waals surface area contributed by atoms with Crippen LogP contribution in [-0.4, -0.2) is 42.4 Å². The van der Waals surface area contributed by atoms with Crippen LogP contribution in [0.5, 0.6) is 0 Å². The summed E-state index contributed by atoms with van der Waals surface area (Å²) in [6, 6.07) is 0.391. The Kier molecular flexibility index (Phi) is 4.39. The molecule has 0 aromatic heterocycles. The van der Waals surface area contributed by atoms with E-state index in [0.29, 0.717) is 12.0 Å². The minimum atomic E-state index is -0.0346. The molecule has 0 unspecified atom stereocenters. The number of nitrogens with zero attached hydrogens (tertiary/aromatic N) is 2. The number of nitrogens with two attached hydrogens (primary N) is 1. The van der Waals surface area contributed by atoms with E-state index in [1.807, 2.05) is 18.7 Å². The first-order valence-corrected chi connectivity index (χ1v) is 5.51. The summed E-state index contributed by atoms with van der Waals surface area (Å²) < 4.78 is 0. The summed E-state index contributed by atoms with van der Waals surface area (Å²) in [5.41, 5.74) is 5.73. The summed E-state index contributed by atoms with van der Waals surface area (Å²) in [5.74, 6) is 0.415. The largest absolute Gasteiger partial charge is 0.370 e. The van der Waals surface area contributed by atoms with Crippen LogP contribution in [-0.2, 0) is 4.79 Å². The molecule has 1 aliphatic carbocycles. The zero-order valence-corrected chi connectivity index (χ0v) is 9.49. The van der Waals surface area contributed by atoms with Gasteiger partial charge in [0.2, 0.25) is 5.91 Å². The van der Waals surface area contributed by atoms with Crippen molar-refractivity contribution < 1.29 is 4.79 Å². The quantitative estimate of drug-likeness (QED) is 0.494. The normalized spacial score (nSPS) is 16.3. The highest BCUT2D eigenvalue weighted by Gasteiger charge is 2.22. The highest BCUT2D eigenvalue weighted by atomic mass is 16.2. The number of carbonyl (C=O) groups is 1. The molecule has 1 saturated carbocycles. The molecule has 0 radical (unpaired) electrons. The van der Waals surface area contributed by atoms with Crippen molar-refractivity contribution in [1.82, 2.24) is 10.2 Å². The van der Waals surface area contributed by atoms with Crippen molar-refractivity contribution in [1.29, 1.82) is 0 Å². The van der Waals surface area contributed by atoms with Crippen LogP contribution in [0.1, 0.15) is 26.7 Å². The molecule has 1 amide bonds. The molecule has 5 heteroatoms. The Morgan fingerprint density at radius 1 is 1.47 bits per heavy atom. The lowest BCUT2D eigenvalue weighted by atomic mass is 10.5. The van der Waals surface area contributed by atoms with Crippen molar-refractivity contribution in [3.8, 4) is 0 Å². The summed E-state index contributed by atoms with van der Waals surface area (Å²) >= 11 is 0. The van der Waals surface area contributed by atoms with Gasteiger partial charge < -0.3 is 16.0 Å². The van der Waals surface area contributed by atoms with E-state index in [9.17, 15) is 4.79 Å². The summed E-state index contributed by atoms with van der Waals surface area (Å²) in [4.78, 5) is 17.3. The lowest BCUT2D eigenvalue weighted by Gasteiger charge is -2.19. The molecule has 1 fully saturated rings. The Hall–Kier alpha value is -1.26. The summed E-state index contributed by atoms with van der Waals surface area (Å²) in [5, 5.41) is 2.86. The van der Waals surface area contributed by atoms with E-state index >= 15 is 0 Å². The van der Waals surface area contributed by atoms with Crippen molar-refractivity contribution in [2.45, 2.75) is 32.7 Å². The van der Waals surface area contributed by atoms with E-state index in [4.69, 9.17) is 5.73 Å². The van der Waals surface area contributed by atoms with Gasteiger partial charge in [-0.1, -0.05) is 0 Å². The van der Waals surface area contributed by atoms with Crippen LogP contribution in [0.25, 0.3) is 0 Å². The Labute approximate surface area is 90.7 Å². The molecule has 3 N–H and O–H groups in total. The molecule has 0 aromatic rings. The van der Waals surface area contributed by atoms with Crippen molar-refractivity contribution in [3.05, 3.63) is 0 Å². The van der Waals surface area contributed by atoms with Crippen LogP contribution in [0.2, 0.25) is 0 Å². The van der Waals surface area contributed by atoms with Gasteiger partial charge >= 0.3 is 0 Å². The highest BCUT2D eigenvalue weighted by molar-refractivity contribution is 5.84. The van der Waals surface area contributed by atoms with Gasteiger partial charge in [0.05, 0.1) is 0 Å². The van der Waals surface area contributed by atoms with Gasteiger partial charge in [-0.3, -0.25) is 4.79 Å². The first-order valence-electron chi connectivity index (χ1n) is 5.51. The molecule has 1 aliphatic rings. The van der Waals surface area contributed by atoms with E-state index in [1.54, 1.807) is 0 Å². The second-order valence-electron chi connectivity index (χ2n) is 3.69. The molecular formula is C10H20N4O. The standard InChI is InChI=1S/C10H20N4O/c1-3-14(4-2)10(11)12-7-9(15)13-8-5-6-8/h8H,3-7H2,1-2H3,(H2,11,12)(H,13,15). The zero-order valence-electron chi connectivity index (χ0n) is 9.49. The molecule has 0 saturated heterocycles. The topological polar surface area (TPSA) is 70.7 Å². The average molecular weight is 212 g/mol. The van der Waals surface area contributed by atoms with Gasteiger partial charge in [0.25, 0.3) is 0 Å². The molecule has 0 atom stereocenters.